The first kappa shape index (κ1) is 21.1. The molecular weight excluding hydrogens is 322 g/mol. The van der Waals surface area contributed by atoms with E-state index in [2.05, 4.69) is 18.6 Å². The average Bonchev–Trinajstić information content (AvgIpc) is 2.50. The maximum Gasteiger partial charge on any atom is 0.241 e. The fraction of sp³-hybridized carbons (Fsp3) is 0.684. The summed E-state index contributed by atoms with van der Waals surface area (Å²) in [6, 6.07) is 3.59. The topological polar surface area (TPSA) is 66.4 Å². The number of benzene rings is 1. The summed E-state index contributed by atoms with van der Waals surface area (Å²) in [6.07, 6.45) is 0.549. The van der Waals surface area contributed by atoms with Crippen molar-refractivity contribution in [1.29, 1.82) is 0 Å². The van der Waals surface area contributed by atoms with E-state index < -0.39 is 16.1 Å². The summed E-state index contributed by atoms with van der Waals surface area (Å²) in [6.45, 7) is 14.0. The first-order valence-corrected chi connectivity index (χ1v) is 10.3. The standard InChI is InChI=1S/C19H33NO3S/c1-8-16(11-21)20-24(22,23)19-17(13(4)5)9-15(12(2)3)10-18(19)14(6)7/h9-10,12-14,16,20-21H,8,11H2,1-7H3/t16-/m0/s1. The molecule has 0 aliphatic carbocycles. The number of nitrogens with one attached hydrogen (secondary N) is 1. The highest BCUT2D eigenvalue weighted by atomic mass is 32.2. The van der Waals surface area contributed by atoms with Crippen LogP contribution in [0.1, 0.15) is 89.3 Å². The molecule has 1 atom stereocenters. The van der Waals surface area contributed by atoms with E-state index in [-0.39, 0.29) is 18.4 Å². The van der Waals surface area contributed by atoms with E-state index in [0.29, 0.717) is 17.2 Å². The SMILES string of the molecule is CC[C@@H](CO)NS(=O)(=O)c1c(C(C)C)cc(C(C)C)cc1C(C)C. The first-order valence-electron chi connectivity index (χ1n) is 8.85. The Balaban J connectivity index is 3.65. The van der Waals surface area contributed by atoms with Crippen LogP contribution in [0.3, 0.4) is 0 Å². The lowest BCUT2D eigenvalue weighted by Crippen LogP contribution is -2.38. The highest BCUT2D eigenvalue weighted by Gasteiger charge is 2.28. The number of aliphatic hydroxyl groups excluding tert-OH is 1. The third kappa shape index (κ3) is 4.80. The number of rotatable bonds is 8. The van der Waals surface area contributed by atoms with Crippen molar-refractivity contribution in [3.05, 3.63) is 28.8 Å². The van der Waals surface area contributed by atoms with Crippen molar-refractivity contribution in [2.24, 2.45) is 0 Å². The highest BCUT2D eigenvalue weighted by Crippen LogP contribution is 2.35. The molecule has 2 N–H and O–H groups in total. The highest BCUT2D eigenvalue weighted by molar-refractivity contribution is 7.89. The van der Waals surface area contributed by atoms with Crippen molar-refractivity contribution >= 4 is 10.0 Å². The Morgan fingerprint density at radius 2 is 1.42 bits per heavy atom. The van der Waals surface area contributed by atoms with E-state index in [4.69, 9.17) is 0 Å². The zero-order valence-corrected chi connectivity index (χ0v) is 16.9. The summed E-state index contributed by atoms with van der Waals surface area (Å²) < 4.78 is 28.8. The maximum atomic E-state index is 13.1. The number of sulfonamides is 1. The molecule has 24 heavy (non-hydrogen) atoms. The fourth-order valence-corrected chi connectivity index (χ4v) is 4.74. The molecule has 0 bridgehead atoms. The van der Waals surface area contributed by atoms with Gasteiger partial charge in [0, 0.05) is 6.04 Å². The van der Waals surface area contributed by atoms with Gasteiger partial charge in [-0.25, -0.2) is 13.1 Å². The van der Waals surface area contributed by atoms with Crippen LogP contribution in [0.4, 0.5) is 0 Å². The van der Waals surface area contributed by atoms with Crippen molar-refractivity contribution in [2.45, 2.75) is 83.6 Å². The van der Waals surface area contributed by atoms with Crippen LogP contribution in [0.25, 0.3) is 0 Å². The van der Waals surface area contributed by atoms with Crippen LogP contribution in [0.15, 0.2) is 17.0 Å². The van der Waals surface area contributed by atoms with Gasteiger partial charge in [0.2, 0.25) is 10.0 Å². The number of hydrogen-bond acceptors (Lipinski definition) is 3. The number of aliphatic hydroxyl groups is 1. The third-order valence-electron chi connectivity index (χ3n) is 4.38. The van der Waals surface area contributed by atoms with Gasteiger partial charge in [-0.2, -0.15) is 0 Å². The van der Waals surface area contributed by atoms with E-state index in [1.54, 1.807) is 0 Å². The minimum atomic E-state index is -3.69. The van der Waals surface area contributed by atoms with Gasteiger partial charge >= 0.3 is 0 Å². The molecule has 4 nitrogen and oxygen atoms in total. The average molecular weight is 356 g/mol. The van der Waals surface area contributed by atoms with E-state index >= 15 is 0 Å². The molecule has 0 aliphatic heterocycles. The van der Waals surface area contributed by atoms with Crippen molar-refractivity contribution in [1.82, 2.24) is 4.72 Å². The normalized spacial score (nSPS) is 14.0. The van der Waals surface area contributed by atoms with Crippen molar-refractivity contribution in [2.75, 3.05) is 6.61 Å². The molecule has 1 aromatic rings. The molecule has 0 spiro atoms. The van der Waals surface area contributed by atoms with Gasteiger partial charge in [-0.05, 0) is 40.9 Å². The molecule has 0 saturated heterocycles. The second kappa shape index (κ2) is 8.45. The van der Waals surface area contributed by atoms with Gasteiger partial charge in [0.05, 0.1) is 11.5 Å². The van der Waals surface area contributed by atoms with Crippen molar-refractivity contribution in [3.8, 4) is 0 Å². The third-order valence-corrected chi connectivity index (χ3v) is 6.04. The molecule has 0 aromatic heterocycles. The molecule has 0 radical (unpaired) electrons. The van der Waals surface area contributed by atoms with E-state index in [0.717, 1.165) is 16.7 Å². The van der Waals surface area contributed by atoms with Gasteiger partial charge in [-0.1, -0.05) is 60.6 Å². The van der Waals surface area contributed by atoms with E-state index in [1.807, 2.05) is 46.8 Å². The molecule has 5 heteroatoms. The molecule has 0 saturated carbocycles. The Morgan fingerprint density at radius 3 is 1.71 bits per heavy atom. The predicted molar refractivity (Wildman–Crippen MR) is 100 cm³/mol. The fourth-order valence-electron chi connectivity index (χ4n) is 2.73. The Kier molecular flexibility index (Phi) is 7.44. The van der Waals surface area contributed by atoms with Crippen LogP contribution in [-0.4, -0.2) is 26.2 Å². The Morgan fingerprint density at radius 1 is 0.958 bits per heavy atom. The molecule has 1 aromatic carbocycles. The minimum absolute atomic E-state index is 0.0991. The summed E-state index contributed by atoms with van der Waals surface area (Å²) in [7, 11) is -3.69. The molecule has 0 amide bonds. The van der Waals surface area contributed by atoms with Crippen LogP contribution in [0, 0.1) is 0 Å². The Labute approximate surface area is 147 Å². The van der Waals surface area contributed by atoms with Crippen LogP contribution < -0.4 is 4.72 Å². The van der Waals surface area contributed by atoms with Crippen LogP contribution in [0.5, 0.6) is 0 Å². The van der Waals surface area contributed by atoms with Gasteiger partial charge in [-0.3, -0.25) is 0 Å². The van der Waals surface area contributed by atoms with Crippen LogP contribution in [-0.2, 0) is 10.0 Å². The van der Waals surface area contributed by atoms with Crippen molar-refractivity contribution in [3.63, 3.8) is 0 Å². The lowest BCUT2D eigenvalue weighted by Gasteiger charge is -2.24. The number of hydrogen-bond donors (Lipinski definition) is 2. The monoisotopic (exact) mass is 355 g/mol. The Hall–Kier alpha value is -0.910. The van der Waals surface area contributed by atoms with Crippen LogP contribution in [0.2, 0.25) is 0 Å². The zero-order chi connectivity index (χ0) is 18.7. The van der Waals surface area contributed by atoms with Gasteiger partial charge in [0.1, 0.15) is 0 Å². The summed E-state index contributed by atoms with van der Waals surface area (Å²) >= 11 is 0. The molecule has 0 unspecified atom stereocenters. The zero-order valence-electron chi connectivity index (χ0n) is 16.1. The lowest BCUT2D eigenvalue weighted by molar-refractivity contribution is 0.253. The van der Waals surface area contributed by atoms with Gasteiger partial charge in [0.25, 0.3) is 0 Å². The van der Waals surface area contributed by atoms with Crippen LogP contribution >= 0.6 is 0 Å². The second-order valence-corrected chi connectivity index (χ2v) is 9.05. The first-order chi connectivity index (χ1) is 11.0. The molecule has 138 valence electrons. The Bertz CT molecular complexity index is 616. The van der Waals surface area contributed by atoms with Gasteiger partial charge < -0.3 is 5.11 Å². The second-order valence-electron chi connectivity index (χ2n) is 7.40. The summed E-state index contributed by atoms with van der Waals surface area (Å²) in [5.41, 5.74) is 2.87. The molecular formula is C19H33NO3S. The molecule has 0 aliphatic rings. The van der Waals surface area contributed by atoms with E-state index in [1.165, 1.54) is 0 Å². The molecule has 1 rings (SSSR count). The maximum absolute atomic E-state index is 13.1. The smallest absolute Gasteiger partial charge is 0.241 e. The van der Waals surface area contributed by atoms with Gasteiger partial charge in [0.15, 0.2) is 0 Å². The predicted octanol–water partition coefficient (Wildman–Crippen LogP) is 4.11. The molecule has 0 heterocycles. The summed E-state index contributed by atoms with van der Waals surface area (Å²) in [4.78, 5) is 0.392. The van der Waals surface area contributed by atoms with E-state index in [9.17, 15) is 13.5 Å². The van der Waals surface area contributed by atoms with Crippen molar-refractivity contribution < 1.29 is 13.5 Å². The minimum Gasteiger partial charge on any atom is -0.395 e. The summed E-state index contributed by atoms with van der Waals surface area (Å²) in [5, 5.41) is 9.38. The quantitative estimate of drug-likeness (QED) is 0.737. The summed E-state index contributed by atoms with van der Waals surface area (Å²) in [5.74, 6) is 0.537. The molecule has 0 fully saturated rings. The largest absolute Gasteiger partial charge is 0.395 e. The van der Waals surface area contributed by atoms with Gasteiger partial charge in [-0.15, -0.1) is 0 Å². The lowest BCUT2D eigenvalue weighted by atomic mass is 9.89.